The van der Waals surface area contributed by atoms with Gasteiger partial charge in [-0.05, 0) is 68.0 Å². The molecule has 1 unspecified atom stereocenters. The van der Waals surface area contributed by atoms with E-state index in [1.54, 1.807) is 35.0 Å². The predicted octanol–water partition coefficient (Wildman–Crippen LogP) is 5.70. The second-order valence-electron chi connectivity index (χ2n) is 12.1. The number of carbonyl (C=O) groups is 2. The minimum Gasteiger partial charge on any atom is -0.497 e. The molecule has 0 spiro atoms. The molecule has 0 radical (unpaired) electrons. The molecular weight excluding hydrogens is 643 g/mol. The number of hydrogen-bond donors (Lipinski definition) is 3. The molecule has 11 nitrogen and oxygen atoms in total. The number of alkyl halides is 3. The number of ether oxygens (including phenoxy) is 4. The van der Waals surface area contributed by atoms with Crippen molar-refractivity contribution in [1.29, 1.82) is 5.41 Å². The van der Waals surface area contributed by atoms with Crippen LogP contribution < -0.4 is 25.0 Å². The number of anilines is 2. The highest BCUT2D eigenvalue weighted by molar-refractivity contribution is 6.18. The fraction of sp³-hybridized carbons (Fsp3) is 0.457. The highest BCUT2D eigenvalue weighted by Crippen LogP contribution is 2.38. The summed E-state index contributed by atoms with van der Waals surface area (Å²) < 4.78 is 66.7. The van der Waals surface area contributed by atoms with E-state index >= 15 is 0 Å². The zero-order chi connectivity index (χ0) is 35.1. The second kappa shape index (κ2) is 15.8. The molecule has 264 valence electrons. The molecule has 2 aliphatic heterocycles. The molecule has 2 saturated heterocycles. The first-order valence-corrected chi connectivity index (χ1v) is 16.2. The highest BCUT2D eigenvalue weighted by Gasteiger charge is 2.35. The third-order valence-corrected chi connectivity index (χ3v) is 8.71. The van der Waals surface area contributed by atoms with Crippen LogP contribution >= 0.6 is 0 Å². The normalized spacial score (nSPS) is 17.9. The van der Waals surface area contributed by atoms with E-state index in [1.165, 1.54) is 33.3 Å². The summed E-state index contributed by atoms with van der Waals surface area (Å²) in [6, 6.07) is 10.2. The molecule has 2 aromatic carbocycles. The molecule has 0 bridgehead atoms. The Bertz CT molecular complexity index is 1630. The number of amides is 2. The lowest BCUT2D eigenvalue weighted by Gasteiger charge is -2.23. The molecule has 1 aromatic heterocycles. The van der Waals surface area contributed by atoms with Gasteiger partial charge in [-0.1, -0.05) is 0 Å². The van der Waals surface area contributed by atoms with Crippen molar-refractivity contribution < 1.29 is 41.7 Å². The lowest BCUT2D eigenvalue weighted by atomic mass is 10.0. The van der Waals surface area contributed by atoms with Gasteiger partial charge in [0.2, 0.25) is 5.91 Å². The molecule has 2 fully saturated rings. The van der Waals surface area contributed by atoms with Crippen molar-refractivity contribution in [2.75, 3.05) is 57.3 Å². The van der Waals surface area contributed by atoms with E-state index < -0.39 is 23.3 Å². The van der Waals surface area contributed by atoms with Crippen molar-refractivity contribution in [3.8, 4) is 11.5 Å². The maximum absolute atomic E-state index is 14.3. The van der Waals surface area contributed by atoms with Crippen LogP contribution in [0.2, 0.25) is 0 Å². The first kappa shape index (κ1) is 35.7. The Labute approximate surface area is 283 Å². The minimum atomic E-state index is -4.75. The van der Waals surface area contributed by atoms with Crippen molar-refractivity contribution >= 4 is 28.9 Å². The average molecular weight is 686 g/mol. The van der Waals surface area contributed by atoms with Gasteiger partial charge in [0, 0.05) is 68.8 Å². The van der Waals surface area contributed by atoms with Crippen LogP contribution in [0.4, 0.5) is 24.5 Å². The van der Waals surface area contributed by atoms with Gasteiger partial charge in [0.15, 0.2) is 6.29 Å². The second-order valence-corrected chi connectivity index (χ2v) is 12.1. The SMILES string of the molecule is COc1cc(OC)cc(C(=N)c2ccn(CCOC3CCCCO3)c2C(=O)Nc2cc(N3CC[C@@H](CNC(C)=O)C3)ccc2C(F)(F)F)c1. The number of nitrogens with zero attached hydrogens (tertiary/aromatic N) is 2. The standard InChI is InChI=1S/C35H42F3N5O6/c1-22(44)40-20-23-9-11-43(21-23)25-7-8-29(35(36,37)38)30(18-25)41-34(45)33-28(32(39)24-16-26(46-2)19-27(17-24)47-3)10-12-42(33)13-15-49-31-6-4-5-14-48-31/h7-8,10,12,16-19,23,31,39H,4-6,9,11,13-15,20-21H2,1-3H3,(H,40,44)(H,41,45)/t23-,31?/m0/s1. The van der Waals surface area contributed by atoms with Crippen molar-refractivity contribution in [3.05, 3.63) is 71.0 Å². The highest BCUT2D eigenvalue weighted by atomic mass is 19.4. The summed E-state index contributed by atoms with van der Waals surface area (Å²) in [7, 11) is 2.95. The van der Waals surface area contributed by atoms with Crippen molar-refractivity contribution in [2.45, 2.75) is 51.6 Å². The number of aromatic nitrogens is 1. The van der Waals surface area contributed by atoms with E-state index in [0.29, 0.717) is 49.0 Å². The van der Waals surface area contributed by atoms with E-state index in [-0.39, 0.29) is 48.2 Å². The molecule has 5 rings (SSSR count). The quantitative estimate of drug-likeness (QED) is 0.197. The number of carbonyl (C=O) groups excluding carboxylic acids is 2. The zero-order valence-electron chi connectivity index (χ0n) is 27.8. The Kier molecular flexibility index (Phi) is 11.5. The summed E-state index contributed by atoms with van der Waals surface area (Å²) in [5.74, 6) is 0.0323. The van der Waals surface area contributed by atoms with Gasteiger partial charge in [-0.15, -0.1) is 0 Å². The van der Waals surface area contributed by atoms with Crippen LogP contribution in [0.5, 0.6) is 11.5 Å². The van der Waals surface area contributed by atoms with Crippen molar-refractivity contribution in [1.82, 2.24) is 9.88 Å². The van der Waals surface area contributed by atoms with Gasteiger partial charge in [0.05, 0.1) is 37.8 Å². The molecule has 3 aromatic rings. The van der Waals surface area contributed by atoms with Gasteiger partial charge in [-0.3, -0.25) is 15.0 Å². The minimum absolute atomic E-state index is 0.00461. The Morgan fingerprint density at radius 3 is 2.45 bits per heavy atom. The molecule has 3 N–H and O–H groups in total. The molecular formula is C35H42F3N5O6. The van der Waals surface area contributed by atoms with Crippen LogP contribution in [0.3, 0.4) is 0 Å². The average Bonchev–Trinajstić information content (AvgIpc) is 3.74. The summed E-state index contributed by atoms with van der Waals surface area (Å²) in [5, 5.41) is 14.4. The van der Waals surface area contributed by atoms with Gasteiger partial charge >= 0.3 is 6.18 Å². The molecule has 0 aliphatic carbocycles. The molecule has 49 heavy (non-hydrogen) atoms. The summed E-state index contributed by atoms with van der Waals surface area (Å²) in [4.78, 5) is 27.4. The van der Waals surface area contributed by atoms with Gasteiger partial charge in [0.1, 0.15) is 17.2 Å². The van der Waals surface area contributed by atoms with E-state index in [0.717, 1.165) is 31.7 Å². The molecule has 2 amide bonds. The summed E-state index contributed by atoms with van der Waals surface area (Å²) in [6.07, 6.45) is -0.0760. The van der Waals surface area contributed by atoms with Crippen LogP contribution in [-0.2, 0) is 27.0 Å². The fourth-order valence-corrected chi connectivity index (χ4v) is 6.13. The number of benzene rings is 2. The third kappa shape index (κ3) is 8.92. The molecule has 0 saturated carbocycles. The van der Waals surface area contributed by atoms with Crippen LogP contribution in [0.1, 0.15) is 59.8 Å². The van der Waals surface area contributed by atoms with Gasteiger partial charge < -0.3 is 39.0 Å². The van der Waals surface area contributed by atoms with Crippen molar-refractivity contribution in [3.63, 3.8) is 0 Å². The molecule has 14 heteroatoms. The molecule has 3 heterocycles. The Morgan fingerprint density at radius 1 is 1.04 bits per heavy atom. The molecule has 2 aliphatic rings. The Balaban J connectivity index is 1.46. The maximum atomic E-state index is 14.3. The summed E-state index contributed by atoms with van der Waals surface area (Å²) in [6.45, 7) is 4.00. The van der Waals surface area contributed by atoms with Crippen molar-refractivity contribution in [2.24, 2.45) is 5.92 Å². The van der Waals surface area contributed by atoms with E-state index in [1.807, 2.05) is 4.90 Å². The van der Waals surface area contributed by atoms with E-state index in [2.05, 4.69) is 10.6 Å². The number of halogens is 3. The van der Waals surface area contributed by atoms with Crippen LogP contribution in [0.15, 0.2) is 48.7 Å². The first-order chi connectivity index (χ1) is 23.5. The van der Waals surface area contributed by atoms with E-state index in [4.69, 9.17) is 24.4 Å². The number of hydrogen-bond acceptors (Lipinski definition) is 8. The van der Waals surface area contributed by atoms with Crippen LogP contribution in [0.25, 0.3) is 0 Å². The Hall–Kier alpha value is -4.56. The Morgan fingerprint density at radius 2 is 1.80 bits per heavy atom. The first-order valence-electron chi connectivity index (χ1n) is 16.2. The summed E-state index contributed by atoms with van der Waals surface area (Å²) >= 11 is 0. The van der Waals surface area contributed by atoms with Crippen LogP contribution in [-0.4, -0.2) is 75.5 Å². The number of rotatable bonds is 13. The number of methoxy groups -OCH3 is 2. The summed E-state index contributed by atoms with van der Waals surface area (Å²) in [5.41, 5.74) is -0.354. The lowest BCUT2D eigenvalue weighted by molar-refractivity contribution is -0.163. The zero-order valence-corrected chi connectivity index (χ0v) is 27.8. The monoisotopic (exact) mass is 685 g/mol. The maximum Gasteiger partial charge on any atom is 0.418 e. The van der Waals surface area contributed by atoms with Gasteiger partial charge in [-0.2, -0.15) is 13.2 Å². The lowest BCUT2D eigenvalue weighted by Crippen LogP contribution is -2.29. The third-order valence-electron chi connectivity index (χ3n) is 8.71. The van der Waals surface area contributed by atoms with Gasteiger partial charge in [0.25, 0.3) is 5.91 Å². The van der Waals surface area contributed by atoms with Gasteiger partial charge in [-0.25, -0.2) is 0 Å². The smallest absolute Gasteiger partial charge is 0.418 e. The van der Waals surface area contributed by atoms with E-state index in [9.17, 15) is 22.8 Å². The number of nitrogens with one attached hydrogen (secondary N) is 3. The fourth-order valence-electron chi connectivity index (χ4n) is 6.13. The topological polar surface area (TPSA) is 127 Å². The molecule has 2 atom stereocenters. The largest absolute Gasteiger partial charge is 0.497 e. The predicted molar refractivity (Wildman–Crippen MR) is 178 cm³/mol. The van der Waals surface area contributed by atoms with Crippen LogP contribution in [0, 0.1) is 11.3 Å².